The number of ether oxygens (including phenoxy) is 2. The van der Waals surface area contributed by atoms with E-state index >= 15 is 0 Å². The Morgan fingerprint density at radius 3 is 2.00 bits per heavy atom. The average Bonchev–Trinajstić information content (AvgIpc) is 2.53. The maximum atomic E-state index is 10.4. The minimum absolute atomic E-state index is 0.0735. The van der Waals surface area contributed by atoms with E-state index in [1.54, 1.807) is 0 Å². The van der Waals surface area contributed by atoms with Crippen LogP contribution in [0.2, 0.25) is 0 Å². The smallest absolute Gasteiger partial charge is 0.0611 e. The van der Waals surface area contributed by atoms with Crippen LogP contribution in [0.25, 0.3) is 0 Å². The van der Waals surface area contributed by atoms with Crippen molar-refractivity contribution in [2.24, 2.45) is 5.84 Å². The molecule has 6 heteroatoms. The van der Waals surface area contributed by atoms with Crippen LogP contribution in [-0.2, 0) is 9.47 Å². The molecule has 0 aromatic carbocycles. The molecule has 1 atom stereocenters. The number of rotatable bonds is 10. The van der Waals surface area contributed by atoms with Gasteiger partial charge in [-0.05, 0) is 101 Å². The van der Waals surface area contributed by atoms with Crippen molar-refractivity contribution in [2.45, 2.75) is 136 Å². The Hall–Kier alpha value is -0.240. The average molecular weight is 416 g/mol. The number of piperidine rings is 1. The molecule has 174 valence electrons. The third-order valence-corrected chi connectivity index (χ3v) is 6.06. The lowest BCUT2D eigenvalue weighted by atomic mass is 9.80. The van der Waals surface area contributed by atoms with E-state index in [-0.39, 0.29) is 34.4 Å². The molecule has 1 heterocycles. The molecule has 1 saturated heterocycles. The zero-order valence-electron chi connectivity index (χ0n) is 20.8. The Labute approximate surface area is 180 Å². The topological polar surface area (TPSA) is 71.2 Å². The molecule has 0 saturated carbocycles. The molecule has 1 fully saturated rings. The van der Waals surface area contributed by atoms with Crippen LogP contribution in [0.3, 0.4) is 0 Å². The summed E-state index contributed by atoms with van der Waals surface area (Å²) in [6.07, 6.45) is 4.91. The molecule has 1 aliphatic rings. The van der Waals surface area contributed by atoms with Crippen molar-refractivity contribution in [1.29, 1.82) is 0 Å². The highest BCUT2D eigenvalue weighted by Crippen LogP contribution is 2.37. The maximum Gasteiger partial charge on any atom is 0.0611 e. The number of nitrogens with two attached hydrogens (primary N) is 1. The van der Waals surface area contributed by atoms with E-state index in [1.165, 1.54) is 5.06 Å². The van der Waals surface area contributed by atoms with Crippen molar-refractivity contribution in [2.75, 3.05) is 13.2 Å². The van der Waals surface area contributed by atoms with Gasteiger partial charge in [-0.1, -0.05) is 0 Å². The second-order valence-electron chi connectivity index (χ2n) is 11.8. The summed E-state index contributed by atoms with van der Waals surface area (Å²) < 4.78 is 12.2. The Bertz CT molecular complexity index is 482. The summed E-state index contributed by atoms with van der Waals surface area (Å²) >= 11 is 0. The summed E-state index contributed by atoms with van der Waals surface area (Å²) in [4.78, 5) is 0. The number of hydrazine groups is 1. The van der Waals surface area contributed by atoms with Gasteiger partial charge < -0.3 is 14.7 Å². The molecule has 1 aliphatic heterocycles. The molecule has 1 unspecified atom stereocenters. The second-order valence-corrected chi connectivity index (χ2v) is 11.8. The van der Waals surface area contributed by atoms with Gasteiger partial charge in [0.25, 0.3) is 0 Å². The number of nitrogens with zero attached hydrogens (tertiary/aromatic N) is 2. The molecule has 3 N–H and O–H groups in total. The van der Waals surface area contributed by atoms with Crippen molar-refractivity contribution < 1.29 is 14.7 Å². The molecule has 0 spiro atoms. The molecular formula is C23H49N3O3. The van der Waals surface area contributed by atoms with Crippen molar-refractivity contribution in [3.8, 4) is 0 Å². The molecule has 0 aliphatic carbocycles. The van der Waals surface area contributed by atoms with Gasteiger partial charge in [0, 0.05) is 35.4 Å². The van der Waals surface area contributed by atoms with Crippen LogP contribution in [0.15, 0.2) is 0 Å². The van der Waals surface area contributed by atoms with Crippen molar-refractivity contribution in [3.05, 3.63) is 0 Å². The monoisotopic (exact) mass is 415 g/mol. The van der Waals surface area contributed by atoms with Crippen LogP contribution in [0, 0.1) is 0 Å². The summed E-state index contributed by atoms with van der Waals surface area (Å²) in [6, 6.07) is 0. The first-order valence-corrected chi connectivity index (χ1v) is 11.3. The van der Waals surface area contributed by atoms with E-state index in [1.807, 2.05) is 5.01 Å². The van der Waals surface area contributed by atoms with Gasteiger partial charge in [0.05, 0.1) is 12.2 Å². The third-order valence-electron chi connectivity index (χ3n) is 6.06. The lowest BCUT2D eigenvalue weighted by Crippen LogP contribution is -2.60. The Morgan fingerprint density at radius 1 is 1.03 bits per heavy atom. The minimum atomic E-state index is -0.262. The standard InChI is InChI=1S/C23H49N3O3/c1-18(15-21(5,6)25(24)20(2,3)4)28-13-11-12-14-29-19-16-22(7,8)26(27)23(9,10)17-19/h18-19,27H,11-17,24H2,1-10H3. The first kappa shape index (κ1) is 26.8. The van der Waals surface area contributed by atoms with Crippen LogP contribution in [0.5, 0.6) is 0 Å². The molecular weight excluding hydrogens is 366 g/mol. The summed E-state index contributed by atoms with van der Waals surface area (Å²) in [5, 5.41) is 13.8. The van der Waals surface area contributed by atoms with Crippen molar-refractivity contribution >= 4 is 0 Å². The Morgan fingerprint density at radius 2 is 1.52 bits per heavy atom. The molecule has 29 heavy (non-hydrogen) atoms. The number of unbranched alkanes of at least 4 members (excludes halogenated alkanes) is 1. The predicted octanol–water partition coefficient (Wildman–Crippen LogP) is 4.74. The highest BCUT2D eigenvalue weighted by molar-refractivity contribution is 4.96. The third kappa shape index (κ3) is 8.08. The lowest BCUT2D eigenvalue weighted by Gasteiger charge is -2.51. The molecule has 6 nitrogen and oxygen atoms in total. The first-order chi connectivity index (χ1) is 13.0. The number of hydrogen-bond donors (Lipinski definition) is 2. The highest BCUT2D eigenvalue weighted by atomic mass is 16.5. The normalized spacial score (nSPS) is 22.2. The van der Waals surface area contributed by atoms with Gasteiger partial charge in [-0.3, -0.25) is 5.84 Å². The van der Waals surface area contributed by atoms with E-state index in [9.17, 15) is 5.21 Å². The van der Waals surface area contributed by atoms with Gasteiger partial charge in [-0.2, -0.15) is 5.06 Å². The largest absolute Gasteiger partial charge is 0.378 e. The fraction of sp³-hybridized carbons (Fsp3) is 1.00. The van der Waals surface area contributed by atoms with Gasteiger partial charge in [0.15, 0.2) is 0 Å². The fourth-order valence-corrected chi connectivity index (χ4v) is 4.80. The highest BCUT2D eigenvalue weighted by Gasteiger charge is 2.45. The van der Waals surface area contributed by atoms with Gasteiger partial charge in [-0.25, -0.2) is 5.01 Å². The SMILES string of the molecule is CC(CC(C)(C)N(N)C(C)(C)C)OCCCCOC1CC(C)(C)N(O)C(C)(C)C1. The van der Waals surface area contributed by atoms with Crippen LogP contribution in [0.4, 0.5) is 0 Å². The maximum absolute atomic E-state index is 10.4. The van der Waals surface area contributed by atoms with E-state index < -0.39 is 0 Å². The zero-order valence-corrected chi connectivity index (χ0v) is 20.8. The second kappa shape index (κ2) is 9.92. The molecule has 0 bridgehead atoms. The summed E-state index contributed by atoms with van der Waals surface area (Å²) in [5.41, 5.74) is -0.721. The van der Waals surface area contributed by atoms with Crippen LogP contribution in [-0.4, -0.2) is 62.9 Å². The lowest BCUT2D eigenvalue weighted by molar-refractivity contribution is -0.261. The van der Waals surface area contributed by atoms with Crippen LogP contribution in [0.1, 0.15) is 101 Å². The fourth-order valence-electron chi connectivity index (χ4n) is 4.80. The quantitative estimate of drug-likeness (QED) is 0.305. The van der Waals surface area contributed by atoms with E-state index in [2.05, 4.69) is 69.2 Å². The number of hydrogen-bond acceptors (Lipinski definition) is 6. The first-order valence-electron chi connectivity index (χ1n) is 11.3. The summed E-state index contributed by atoms with van der Waals surface area (Å²) in [6.45, 7) is 22.6. The van der Waals surface area contributed by atoms with Gasteiger partial charge in [0.1, 0.15) is 0 Å². The Kier molecular flexibility index (Phi) is 9.17. The van der Waals surface area contributed by atoms with E-state index in [0.717, 1.165) is 45.3 Å². The summed E-state index contributed by atoms with van der Waals surface area (Å²) in [5.74, 6) is 6.33. The molecule has 1 rings (SSSR count). The van der Waals surface area contributed by atoms with Gasteiger partial charge >= 0.3 is 0 Å². The Balaban J connectivity index is 2.27. The molecule has 0 radical (unpaired) electrons. The van der Waals surface area contributed by atoms with Gasteiger partial charge in [0.2, 0.25) is 0 Å². The summed E-state index contributed by atoms with van der Waals surface area (Å²) in [7, 11) is 0. The predicted molar refractivity (Wildman–Crippen MR) is 120 cm³/mol. The van der Waals surface area contributed by atoms with E-state index in [0.29, 0.717) is 0 Å². The van der Waals surface area contributed by atoms with Crippen LogP contribution < -0.4 is 5.84 Å². The molecule has 0 aromatic rings. The molecule has 0 aromatic heterocycles. The van der Waals surface area contributed by atoms with Crippen molar-refractivity contribution in [3.63, 3.8) is 0 Å². The molecule has 0 amide bonds. The van der Waals surface area contributed by atoms with Gasteiger partial charge in [-0.15, -0.1) is 0 Å². The minimum Gasteiger partial charge on any atom is -0.378 e. The van der Waals surface area contributed by atoms with Crippen LogP contribution >= 0.6 is 0 Å². The zero-order chi connectivity index (χ0) is 22.7. The van der Waals surface area contributed by atoms with Crippen molar-refractivity contribution in [1.82, 2.24) is 10.1 Å². The van der Waals surface area contributed by atoms with E-state index in [4.69, 9.17) is 15.3 Å². The number of hydroxylamine groups is 2.